The fourth-order valence-corrected chi connectivity index (χ4v) is 2.18. The summed E-state index contributed by atoms with van der Waals surface area (Å²) in [4.78, 5) is 24.5. The Morgan fingerprint density at radius 2 is 1.00 bits per heavy atom. The number of ketones is 2. The van der Waals surface area contributed by atoms with Crippen molar-refractivity contribution in [1.29, 1.82) is 0 Å². The highest BCUT2D eigenvalue weighted by molar-refractivity contribution is 6.49. The second kappa shape index (κ2) is 7.32. The van der Waals surface area contributed by atoms with Crippen LogP contribution in [0.3, 0.4) is 0 Å². The van der Waals surface area contributed by atoms with Gasteiger partial charge in [0.2, 0.25) is 11.6 Å². The molecular weight excluding hydrogens is 272 g/mol. The molecule has 0 fully saturated rings. The van der Waals surface area contributed by atoms with Crippen LogP contribution in [0.2, 0.25) is 0 Å². The zero-order valence-corrected chi connectivity index (χ0v) is 12.4. The molecule has 0 spiro atoms. The summed E-state index contributed by atoms with van der Waals surface area (Å²) >= 11 is 0. The fourth-order valence-electron chi connectivity index (χ4n) is 2.18. The molecule has 0 N–H and O–H groups in total. The van der Waals surface area contributed by atoms with Crippen molar-refractivity contribution in [2.75, 3.05) is 0 Å². The average Bonchev–Trinajstić information content (AvgIpc) is 2.55. The Labute approximate surface area is 130 Å². The van der Waals surface area contributed by atoms with Crippen LogP contribution < -0.4 is 0 Å². The third kappa shape index (κ3) is 3.67. The Bertz CT molecular complexity index is 628. The molecule has 22 heavy (non-hydrogen) atoms. The third-order valence-corrected chi connectivity index (χ3v) is 3.40. The summed E-state index contributed by atoms with van der Waals surface area (Å²) in [5.74, 6) is -0.969. The lowest BCUT2D eigenvalue weighted by atomic mass is 9.99. The van der Waals surface area contributed by atoms with Crippen LogP contribution in [0, 0.1) is 0 Å². The van der Waals surface area contributed by atoms with Gasteiger partial charge in [-0.05, 0) is 24.0 Å². The first-order valence-electron chi connectivity index (χ1n) is 7.14. The molecule has 0 saturated heterocycles. The summed E-state index contributed by atoms with van der Waals surface area (Å²) in [6.07, 6.45) is 5.08. The molecule has 2 nitrogen and oxygen atoms in total. The van der Waals surface area contributed by atoms with Crippen molar-refractivity contribution in [3.8, 4) is 0 Å². The average molecular weight is 290 g/mol. The Balaban J connectivity index is 2.15. The first-order valence-corrected chi connectivity index (χ1v) is 7.14. The van der Waals surface area contributed by atoms with Crippen molar-refractivity contribution in [3.63, 3.8) is 0 Å². The first kappa shape index (κ1) is 15.6. The molecule has 0 radical (unpaired) electrons. The van der Waals surface area contributed by atoms with Crippen LogP contribution in [-0.4, -0.2) is 11.6 Å². The van der Waals surface area contributed by atoms with E-state index in [1.807, 2.05) is 24.3 Å². The largest absolute Gasteiger partial charge is 0.285 e. The lowest BCUT2D eigenvalue weighted by Gasteiger charge is -2.03. The number of allylic oxidation sites excluding steroid dienone is 2. The van der Waals surface area contributed by atoms with Gasteiger partial charge in [0.05, 0.1) is 0 Å². The van der Waals surface area contributed by atoms with Gasteiger partial charge in [-0.2, -0.15) is 0 Å². The maximum absolute atomic E-state index is 12.2. The van der Waals surface area contributed by atoms with E-state index in [-0.39, 0.29) is 0 Å². The van der Waals surface area contributed by atoms with Gasteiger partial charge < -0.3 is 0 Å². The number of carbonyl (C=O) groups excluding carboxylic acids is 2. The highest BCUT2D eigenvalue weighted by Gasteiger charge is 2.17. The molecule has 0 aliphatic heterocycles. The minimum absolute atomic E-state index is 0.410. The zero-order valence-electron chi connectivity index (χ0n) is 12.4. The van der Waals surface area contributed by atoms with Crippen LogP contribution in [0.4, 0.5) is 0 Å². The zero-order chi connectivity index (χ0) is 15.9. The molecule has 0 aromatic heterocycles. The van der Waals surface area contributed by atoms with Crippen LogP contribution in [0.15, 0.2) is 73.8 Å². The Kier molecular flexibility index (Phi) is 5.21. The summed E-state index contributed by atoms with van der Waals surface area (Å²) in [6.45, 7) is 7.35. The second-order valence-electron chi connectivity index (χ2n) is 5.04. The van der Waals surface area contributed by atoms with E-state index < -0.39 is 11.6 Å². The summed E-state index contributed by atoms with van der Waals surface area (Å²) < 4.78 is 0. The summed E-state index contributed by atoms with van der Waals surface area (Å²) in [7, 11) is 0. The summed E-state index contributed by atoms with van der Waals surface area (Å²) in [5.41, 5.74) is 2.95. The number of hydrogen-bond donors (Lipinski definition) is 0. The molecule has 2 aromatic rings. The number of carbonyl (C=O) groups is 2. The van der Waals surface area contributed by atoms with Gasteiger partial charge in [-0.15, -0.1) is 13.2 Å². The van der Waals surface area contributed by atoms with E-state index in [4.69, 9.17) is 0 Å². The maximum Gasteiger partial charge on any atom is 0.233 e. The van der Waals surface area contributed by atoms with Gasteiger partial charge in [0, 0.05) is 11.1 Å². The van der Waals surface area contributed by atoms with E-state index in [0.717, 1.165) is 24.0 Å². The molecule has 2 rings (SSSR count). The van der Waals surface area contributed by atoms with Gasteiger partial charge in [0.25, 0.3) is 0 Å². The highest BCUT2D eigenvalue weighted by atomic mass is 16.2. The Hall–Kier alpha value is -2.74. The van der Waals surface area contributed by atoms with Crippen LogP contribution in [0.25, 0.3) is 0 Å². The molecule has 0 atom stereocenters. The van der Waals surface area contributed by atoms with Crippen LogP contribution in [-0.2, 0) is 12.8 Å². The number of rotatable bonds is 7. The smallest absolute Gasteiger partial charge is 0.233 e. The number of hydrogen-bond acceptors (Lipinski definition) is 2. The minimum Gasteiger partial charge on any atom is -0.285 e. The quantitative estimate of drug-likeness (QED) is 0.435. The van der Waals surface area contributed by atoms with Gasteiger partial charge in [0.15, 0.2) is 0 Å². The second-order valence-corrected chi connectivity index (χ2v) is 5.04. The van der Waals surface area contributed by atoms with Crippen molar-refractivity contribution in [1.82, 2.24) is 0 Å². The Morgan fingerprint density at radius 3 is 1.27 bits per heavy atom. The van der Waals surface area contributed by atoms with Gasteiger partial charge in [-0.25, -0.2) is 0 Å². The van der Waals surface area contributed by atoms with Crippen molar-refractivity contribution < 1.29 is 9.59 Å². The minimum atomic E-state index is -0.485. The molecule has 0 unspecified atom stereocenters. The van der Waals surface area contributed by atoms with Gasteiger partial charge in [-0.3, -0.25) is 9.59 Å². The van der Waals surface area contributed by atoms with E-state index in [9.17, 15) is 9.59 Å². The normalized spacial score (nSPS) is 10.0. The molecule has 0 aliphatic rings. The van der Waals surface area contributed by atoms with E-state index in [2.05, 4.69) is 13.2 Å². The van der Waals surface area contributed by atoms with Crippen LogP contribution in [0.1, 0.15) is 31.8 Å². The predicted molar refractivity (Wildman–Crippen MR) is 89.3 cm³/mol. The maximum atomic E-state index is 12.2. The van der Waals surface area contributed by atoms with Gasteiger partial charge in [-0.1, -0.05) is 60.7 Å². The topological polar surface area (TPSA) is 34.1 Å². The SMILES string of the molecule is C=CCc1ccc(C(=O)C(=O)c2ccc(CC=C)cc2)cc1. The molecule has 0 bridgehead atoms. The molecule has 0 aliphatic carbocycles. The summed E-state index contributed by atoms with van der Waals surface area (Å²) in [6, 6.07) is 14.1. The van der Waals surface area contributed by atoms with Crippen LogP contribution in [0.5, 0.6) is 0 Å². The molecule has 2 aromatic carbocycles. The van der Waals surface area contributed by atoms with E-state index in [0.29, 0.717) is 11.1 Å². The molecular formula is C20H18O2. The third-order valence-electron chi connectivity index (χ3n) is 3.40. The highest BCUT2D eigenvalue weighted by Crippen LogP contribution is 2.12. The monoisotopic (exact) mass is 290 g/mol. The summed E-state index contributed by atoms with van der Waals surface area (Å²) in [5, 5.41) is 0. The lowest BCUT2D eigenvalue weighted by molar-refractivity contribution is 0.0817. The lowest BCUT2D eigenvalue weighted by Crippen LogP contribution is -2.14. The number of Topliss-reactive ketones (excluding diaryl/α,β-unsaturated/α-hetero) is 2. The van der Waals surface area contributed by atoms with E-state index >= 15 is 0 Å². The number of benzene rings is 2. The van der Waals surface area contributed by atoms with Crippen molar-refractivity contribution >= 4 is 11.6 Å². The molecule has 0 saturated carbocycles. The Morgan fingerprint density at radius 1 is 0.682 bits per heavy atom. The van der Waals surface area contributed by atoms with Crippen molar-refractivity contribution in [2.45, 2.75) is 12.8 Å². The molecule has 2 heteroatoms. The first-order chi connectivity index (χ1) is 10.7. The molecule has 0 heterocycles. The van der Waals surface area contributed by atoms with Gasteiger partial charge in [0.1, 0.15) is 0 Å². The van der Waals surface area contributed by atoms with E-state index in [1.165, 1.54) is 0 Å². The fraction of sp³-hybridized carbons (Fsp3) is 0.100. The predicted octanol–water partition coefficient (Wildman–Crippen LogP) is 4.21. The standard InChI is InChI=1S/C20H18O2/c1-3-5-15-7-11-17(12-8-15)19(21)20(22)18-13-9-16(6-4-2)10-14-18/h3-4,7-14H,1-2,5-6H2. The van der Waals surface area contributed by atoms with Crippen LogP contribution >= 0.6 is 0 Å². The van der Waals surface area contributed by atoms with Gasteiger partial charge >= 0.3 is 0 Å². The van der Waals surface area contributed by atoms with E-state index in [1.54, 1.807) is 36.4 Å². The van der Waals surface area contributed by atoms with Crippen molar-refractivity contribution in [2.24, 2.45) is 0 Å². The molecule has 0 amide bonds. The molecule has 110 valence electrons. The van der Waals surface area contributed by atoms with Crippen molar-refractivity contribution in [3.05, 3.63) is 96.1 Å².